The second-order valence-electron chi connectivity index (χ2n) is 9.76. The van der Waals surface area contributed by atoms with Gasteiger partial charge in [0.1, 0.15) is 22.9 Å². The number of nitrogens with zero attached hydrogens (tertiary/aromatic N) is 4. The predicted molar refractivity (Wildman–Crippen MR) is 145 cm³/mol. The van der Waals surface area contributed by atoms with Gasteiger partial charge in [0.05, 0.1) is 35.4 Å². The van der Waals surface area contributed by atoms with Gasteiger partial charge in [-0.25, -0.2) is 9.37 Å². The second-order valence-corrected chi connectivity index (χ2v) is 9.76. The Morgan fingerprint density at radius 1 is 0.868 bits per heavy atom. The van der Waals surface area contributed by atoms with Crippen LogP contribution in [-0.4, -0.2) is 36.2 Å². The fourth-order valence-electron chi connectivity index (χ4n) is 5.35. The van der Waals surface area contributed by atoms with Crippen LogP contribution in [0.1, 0.15) is 32.1 Å². The lowest BCUT2D eigenvalue weighted by atomic mass is 9.98. The van der Waals surface area contributed by atoms with Crippen molar-refractivity contribution in [2.45, 2.75) is 38.2 Å². The number of aromatic nitrogens is 6. The van der Waals surface area contributed by atoms with Crippen LogP contribution in [0.3, 0.4) is 0 Å². The molecule has 1 aliphatic carbocycles. The van der Waals surface area contributed by atoms with Gasteiger partial charge in [0.2, 0.25) is 0 Å². The van der Waals surface area contributed by atoms with Gasteiger partial charge in [-0.1, -0.05) is 24.6 Å². The minimum atomic E-state index is -0.271. The number of aromatic amines is 2. The van der Waals surface area contributed by atoms with Crippen LogP contribution in [0.2, 0.25) is 0 Å². The van der Waals surface area contributed by atoms with E-state index in [1.165, 1.54) is 25.3 Å². The van der Waals surface area contributed by atoms with Gasteiger partial charge in [-0.15, -0.1) is 0 Å². The summed E-state index contributed by atoms with van der Waals surface area (Å²) in [5.74, 6) is 0.498. The van der Waals surface area contributed by atoms with E-state index in [2.05, 4.69) is 30.1 Å². The van der Waals surface area contributed by atoms with E-state index in [0.29, 0.717) is 11.2 Å². The summed E-state index contributed by atoms with van der Waals surface area (Å²) in [6, 6.07) is 14.6. The first-order valence-electron chi connectivity index (χ1n) is 12.9. The van der Waals surface area contributed by atoms with Crippen LogP contribution in [0.15, 0.2) is 73.3 Å². The molecule has 0 unspecified atom stereocenters. The summed E-state index contributed by atoms with van der Waals surface area (Å²) in [4.78, 5) is 16.9. The molecule has 0 atom stereocenters. The molecule has 0 bridgehead atoms. The molecule has 6 aromatic rings. The first-order valence-corrected chi connectivity index (χ1v) is 12.9. The summed E-state index contributed by atoms with van der Waals surface area (Å²) in [7, 11) is 0. The number of nitrogens with one attached hydrogen (secondary N) is 2. The summed E-state index contributed by atoms with van der Waals surface area (Å²) in [6.07, 6.45) is 13.2. The summed E-state index contributed by atoms with van der Waals surface area (Å²) >= 11 is 0. The zero-order chi connectivity index (χ0) is 25.5. The summed E-state index contributed by atoms with van der Waals surface area (Å²) in [5, 5.41) is 9.39. The van der Waals surface area contributed by atoms with Gasteiger partial charge in [0.25, 0.3) is 0 Å². The van der Waals surface area contributed by atoms with Gasteiger partial charge in [-0.2, -0.15) is 5.10 Å². The van der Waals surface area contributed by atoms with Crippen molar-refractivity contribution in [3.63, 3.8) is 0 Å². The van der Waals surface area contributed by atoms with Crippen molar-refractivity contribution in [2.24, 2.45) is 0 Å². The Hall–Kier alpha value is -4.59. The van der Waals surface area contributed by atoms with Crippen LogP contribution in [0, 0.1) is 5.82 Å². The Kier molecular flexibility index (Phi) is 5.57. The van der Waals surface area contributed by atoms with E-state index >= 15 is 0 Å². The van der Waals surface area contributed by atoms with Crippen LogP contribution >= 0.6 is 0 Å². The molecule has 188 valence electrons. The molecule has 5 aromatic heterocycles. The molecule has 1 aliphatic rings. The van der Waals surface area contributed by atoms with E-state index in [9.17, 15) is 4.39 Å². The van der Waals surface area contributed by atoms with E-state index in [1.807, 2.05) is 30.3 Å². The molecule has 0 saturated heterocycles. The van der Waals surface area contributed by atoms with Crippen LogP contribution in [0.25, 0.3) is 55.7 Å². The van der Waals surface area contributed by atoms with E-state index in [1.54, 1.807) is 36.9 Å². The van der Waals surface area contributed by atoms with Crippen LogP contribution in [0.4, 0.5) is 4.39 Å². The zero-order valence-corrected chi connectivity index (χ0v) is 20.6. The van der Waals surface area contributed by atoms with Gasteiger partial charge in [-0.3, -0.25) is 15.1 Å². The molecule has 2 N–H and O–H groups in total. The molecule has 8 heteroatoms. The highest BCUT2D eigenvalue weighted by molar-refractivity contribution is 6.00. The number of hydrogen-bond acceptors (Lipinski definition) is 5. The highest BCUT2D eigenvalue weighted by Crippen LogP contribution is 2.35. The van der Waals surface area contributed by atoms with Crippen molar-refractivity contribution in [1.82, 2.24) is 30.1 Å². The van der Waals surface area contributed by atoms with Gasteiger partial charge in [0.15, 0.2) is 0 Å². The third kappa shape index (κ3) is 4.08. The molecule has 1 saturated carbocycles. The van der Waals surface area contributed by atoms with Crippen LogP contribution in [-0.2, 0) is 0 Å². The molecule has 1 aromatic carbocycles. The molecular weight excluding hydrogens is 479 g/mol. The summed E-state index contributed by atoms with van der Waals surface area (Å²) in [5.41, 5.74) is 5.98. The lowest BCUT2D eigenvalue weighted by Crippen LogP contribution is -2.19. The van der Waals surface area contributed by atoms with Gasteiger partial charge in [0, 0.05) is 34.3 Å². The molecule has 0 amide bonds. The Bertz CT molecular complexity index is 1770. The molecular formula is C30H25FN6O. The molecule has 7 nitrogen and oxygen atoms in total. The molecule has 0 radical (unpaired) electrons. The van der Waals surface area contributed by atoms with E-state index in [-0.39, 0.29) is 11.9 Å². The monoisotopic (exact) mass is 504 g/mol. The van der Waals surface area contributed by atoms with Crippen molar-refractivity contribution in [3.05, 3.63) is 79.1 Å². The van der Waals surface area contributed by atoms with E-state index in [0.717, 1.165) is 63.1 Å². The highest BCUT2D eigenvalue weighted by Gasteiger charge is 2.18. The Morgan fingerprint density at radius 2 is 1.76 bits per heavy atom. The third-order valence-electron chi connectivity index (χ3n) is 7.26. The SMILES string of the molecule is Fc1ccccc1-c1ccnc2[nH]c(-c3n[nH]c4cnc(-c5cncc(OC6CCCCC6)c5)cc34)cc12. The fraction of sp³-hybridized carbons (Fsp3) is 0.200. The predicted octanol–water partition coefficient (Wildman–Crippen LogP) is 7.08. The average molecular weight is 505 g/mol. The molecule has 1 fully saturated rings. The largest absolute Gasteiger partial charge is 0.489 e. The highest BCUT2D eigenvalue weighted by atomic mass is 19.1. The third-order valence-corrected chi connectivity index (χ3v) is 7.26. The maximum absolute atomic E-state index is 14.6. The number of H-pyrrole nitrogens is 2. The van der Waals surface area contributed by atoms with Crippen molar-refractivity contribution >= 4 is 21.9 Å². The minimum Gasteiger partial charge on any atom is -0.489 e. The van der Waals surface area contributed by atoms with Gasteiger partial charge < -0.3 is 9.72 Å². The van der Waals surface area contributed by atoms with E-state index < -0.39 is 0 Å². The number of ether oxygens (including phenoxy) is 1. The smallest absolute Gasteiger partial charge is 0.138 e. The Balaban J connectivity index is 1.26. The molecule has 7 rings (SSSR count). The fourth-order valence-corrected chi connectivity index (χ4v) is 5.35. The zero-order valence-electron chi connectivity index (χ0n) is 20.6. The lowest BCUT2D eigenvalue weighted by Gasteiger charge is -2.22. The van der Waals surface area contributed by atoms with Gasteiger partial charge >= 0.3 is 0 Å². The quantitative estimate of drug-likeness (QED) is 0.262. The topological polar surface area (TPSA) is 92.4 Å². The molecule has 38 heavy (non-hydrogen) atoms. The van der Waals surface area contributed by atoms with Gasteiger partial charge in [-0.05, 0) is 61.6 Å². The average Bonchev–Trinajstić information content (AvgIpc) is 3.58. The maximum atomic E-state index is 14.6. The maximum Gasteiger partial charge on any atom is 0.138 e. The number of rotatable bonds is 5. The first kappa shape index (κ1) is 22.6. The van der Waals surface area contributed by atoms with Crippen molar-refractivity contribution in [2.75, 3.05) is 0 Å². The van der Waals surface area contributed by atoms with Crippen LogP contribution in [0.5, 0.6) is 5.75 Å². The second kappa shape index (κ2) is 9.37. The van der Waals surface area contributed by atoms with Crippen molar-refractivity contribution < 1.29 is 9.13 Å². The molecule has 5 heterocycles. The Morgan fingerprint density at radius 3 is 2.66 bits per heavy atom. The standard InChI is InChI=1S/C30H25FN6O/c31-25-9-5-4-8-22(25)21-10-11-33-30-23(21)13-27(35-30)29-24-14-26(34-17-28(24)36-37-29)18-12-20(16-32-15-18)38-19-6-2-1-3-7-19/h4-5,8-17,19H,1-3,6-7H2,(H,33,35)(H,36,37). The number of pyridine rings is 3. The minimum absolute atomic E-state index is 0.251. The normalized spacial score (nSPS) is 14.3. The van der Waals surface area contributed by atoms with E-state index in [4.69, 9.17) is 4.74 Å². The number of hydrogen-bond donors (Lipinski definition) is 2. The number of benzene rings is 1. The Labute approximate surface area is 218 Å². The molecule has 0 spiro atoms. The number of halogens is 1. The van der Waals surface area contributed by atoms with Crippen LogP contribution < -0.4 is 4.74 Å². The number of fused-ring (bicyclic) bond motifs is 2. The lowest BCUT2D eigenvalue weighted by molar-refractivity contribution is 0.154. The summed E-state index contributed by atoms with van der Waals surface area (Å²) in [6.45, 7) is 0. The summed E-state index contributed by atoms with van der Waals surface area (Å²) < 4.78 is 20.8. The van der Waals surface area contributed by atoms with Crippen molar-refractivity contribution in [1.29, 1.82) is 0 Å². The molecule has 0 aliphatic heterocycles. The van der Waals surface area contributed by atoms with Crippen molar-refractivity contribution in [3.8, 4) is 39.5 Å². The first-order chi connectivity index (χ1) is 18.7.